The van der Waals surface area contributed by atoms with Gasteiger partial charge in [-0.25, -0.2) is 9.67 Å². The average Bonchev–Trinajstić information content (AvgIpc) is 2.66. The molecule has 0 aromatic carbocycles. The van der Waals surface area contributed by atoms with Crippen molar-refractivity contribution >= 4 is 11.7 Å². The van der Waals surface area contributed by atoms with Gasteiger partial charge in [0, 0.05) is 6.20 Å². The van der Waals surface area contributed by atoms with Gasteiger partial charge in [-0.05, 0) is 12.1 Å². The highest BCUT2D eigenvalue weighted by Gasteiger charge is 2.05. The van der Waals surface area contributed by atoms with Gasteiger partial charge in [0.2, 0.25) is 0 Å². The van der Waals surface area contributed by atoms with Gasteiger partial charge in [-0.15, -0.1) is 0 Å². The van der Waals surface area contributed by atoms with Gasteiger partial charge in [0.05, 0.1) is 11.8 Å². The van der Waals surface area contributed by atoms with E-state index < -0.39 is 5.91 Å². The summed E-state index contributed by atoms with van der Waals surface area (Å²) in [6.45, 7) is 0. The number of primary amides is 1. The maximum atomic E-state index is 10.8. The predicted octanol–water partition coefficient (Wildman–Crippen LogP) is -0.0516. The van der Waals surface area contributed by atoms with Crippen molar-refractivity contribution in [3.05, 3.63) is 36.2 Å². The molecule has 2 rings (SSSR count). The number of nitrogen functional groups attached to an aromatic ring is 1. The summed E-state index contributed by atoms with van der Waals surface area (Å²) in [4.78, 5) is 14.9. The van der Waals surface area contributed by atoms with E-state index in [9.17, 15) is 4.79 Å². The summed E-state index contributed by atoms with van der Waals surface area (Å²) >= 11 is 0. The lowest BCUT2D eigenvalue weighted by Gasteiger charge is -1.99. The zero-order valence-electron chi connectivity index (χ0n) is 7.79. The van der Waals surface area contributed by atoms with Gasteiger partial charge in [-0.3, -0.25) is 4.79 Å². The lowest BCUT2D eigenvalue weighted by atomic mass is 10.3. The molecule has 2 aromatic rings. The third kappa shape index (κ3) is 1.78. The molecular weight excluding hydrogens is 194 g/mol. The van der Waals surface area contributed by atoms with Gasteiger partial charge in [0.1, 0.15) is 5.82 Å². The normalized spacial score (nSPS) is 10.1. The fourth-order valence-corrected chi connectivity index (χ4v) is 1.14. The third-order valence-corrected chi connectivity index (χ3v) is 1.86. The Bertz CT molecular complexity index is 505. The van der Waals surface area contributed by atoms with Crippen molar-refractivity contribution in [1.82, 2.24) is 14.8 Å². The van der Waals surface area contributed by atoms with Crippen LogP contribution in [0.15, 0.2) is 30.6 Å². The SMILES string of the molecule is NC(=O)c1cnn(-c2cccc(N)n2)c1. The number of amides is 1. The van der Waals surface area contributed by atoms with Crippen LogP contribution in [0.4, 0.5) is 5.82 Å². The molecule has 2 aromatic heterocycles. The van der Waals surface area contributed by atoms with Crippen molar-refractivity contribution in [2.45, 2.75) is 0 Å². The van der Waals surface area contributed by atoms with Crippen molar-refractivity contribution < 1.29 is 4.79 Å². The number of hydrogen-bond donors (Lipinski definition) is 2. The molecule has 76 valence electrons. The fraction of sp³-hybridized carbons (Fsp3) is 0. The molecule has 0 aliphatic heterocycles. The van der Waals surface area contributed by atoms with Crippen molar-refractivity contribution in [3.8, 4) is 5.82 Å². The molecule has 4 N–H and O–H groups in total. The lowest BCUT2D eigenvalue weighted by Crippen LogP contribution is -2.09. The minimum atomic E-state index is -0.523. The van der Waals surface area contributed by atoms with E-state index in [1.54, 1.807) is 18.2 Å². The molecule has 2 heterocycles. The Hall–Kier alpha value is -2.37. The summed E-state index contributed by atoms with van der Waals surface area (Å²) in [6.07, 6.45) is 2.89. The predicted molar refractivity (Wildman–Crippen MR) is 54.3 cm³/mol. The molecule has 6 heteroatoms. The standard InChI is InChI=1S/C9H9N5O/c10-7-2-1-3-8(13-7)14-5-6(4-12-14)9(11)15/h1-5H,(H2,10,13)(H2,11,15). The summed E-state index contributed by atoms with van der Waals surface area (Å²) < 4.78 is 1.44. The Kier molecular flexibility index (Phi) is 2.09. The minimum Gasteiger partial charge on any atom is -0.384 e. The molecule has 0 radical (unpaired) electrons. The maximum absolute atomic E-state index is 10.8. The number of anilines is 1. The van der Waals surface area contributed by atoms with Gasteiger partial charge < -0.3 is 11.5 Å². The van der Waals surface area contributed by atoms with Crippen LogP contribution < -0.4 is 11.5 Å². The minimum absolute atomic E-state index is 0.333. The Balaban J connectivity index is 2.41. The number of carbonyl (C=O) groups excluding carboxylic acids is 1. The Morgan fingerprint density at radius 3 is 2.80 bits per heavy atom. The molecular formula is C9H9N5O. The number of rotatable bonds is 2. The van der Waals surface area contributed by atoms with Crippen LogP contribution in [0.25, 0.3) is 5.82 Å². The summed E-state index contributed by atoms with van der Waals surface area (Å²) in [5, 5.41) is 3.95. The van der Waals surface area contributed by atoms with Crippen LogP contribution in [0.1, 0.15) is 10.4 Å². The van der Waals surface area contributed by atoms with Gasteiger partial charge in [-0.2, -0.15) is 5.10 Å². The first-order valence-corrected chi connectivity index (χ1v) is 4.24. The molecule has 0 spiro atoms. The van der Waals surface area contributed by atoms with Gasteiger partial charge in [0.15, 0.2) is 5.82 Å². The molecule has 0 atom stereocenters. The Labute approximate surface area is 85.5 Å². The highest BCUT2D eigenvalue weighted by molar-refractivity contribution is 5.92. The number of aromatic nitrogens is 3. The molecule has 6 nitrogen and oxygen atoms in total. The number of nitrogens with two attached hydrogens (primary N) is 2. The molecule has 15 heavy (non-hydrogen) atoms. The second kappa shape index (κ2) is 3.41. The van der Waals surface area contributed by atoms with E-state index >= 15 is 0 Å². The van der Waals surface area contributed by atoms with Gasteiger partial charge in [0.25, 0.3) is 5.91 Å². The molecule has 0 aliphatic carbocycles. The van der Waals surface area contributed by atoms with E-state index in [1.807, 2.05) is 0 Å². The largest absolute Gasteiger partial charge is 0.384 e. The monoisotopic (exact) mass is 203 g/mol. The van der Waals surface area contributed by atoms with Crippen LogP contribution >= 0.6 is 0 Å². The fourth-order valence-electron chi connectivity index (χ4n) is 1.14. The van der Waals surface area contributed by atoms with E-state index in [0.29, 0.717) is 17.2 Å². The van der Waals surface area contributed by atoms with Crippen molar-refractivity contribution in [1.29, 1.82) is 0 Å². The summed E-state index contributed by atoms with van der Waals surface area (Å²) in [7, 11) is 0. The van der Waals surface area contributed by atoms with Crippen LogP contribution in [0.2, 0.25) is 0 Å². The number of carbonyl (C=O) groups is 1. The highest BCUT2D eigenvalue weighted by Crippen LogP contribution is 2.07. The number of nitrogens with zero attached hydrogens (tertiary/aromatic N) is 3. The summed E-state index contributed by atoms with van der Waals surface area (Å²) in [6, 6.07) is 5.15. The molecule has 0 bridgehead atoms. The van der Waals surface area contributed by atoms with Crippen LogP contribution in [-0.4, -0.2) is 20.7 Å². The molecule has 0 saturated heterocycles. The van der Waals surface area contributed by atoms with Crippen molar-refractivity contribution in [2.24, 2.45) is 5.73 Å². The van der Waals surface area contributed by atoms with E-state index in [2.05, 4.69) is 10.1 Å². The summed E-state index contributed by atoms with van der Waals surface area (Å²) in [5.41, 5.74) is 10.9. The van der Waals surface area contributed by atoms with Crippen LogP contribution in [0.5, 0.6) is 0 Å². The summed E-state index contributed by atoms with van der Waals surface area (Å²) in [5.74, 6) is 0.413. The number of pyridine rings is 1. The Morgan fingerprint density at radius 1 is 1.40 bits per heavy atom. The smallest absolute Gasteiger partial charge is 0.251 e. The molecule has 0 fully saturated rings. The van der Waals surface area contributed by atoms with E-state index in [1.165, 1.54) is 17.1 Å². The Morgan fingerprint density at radius 2 is 2.20 bits per heavy atom. The second-order valence-electron chi connectivity index (χ2n) is 2.96. The average molecular weight is 203 g/mol. The second-order valence-corrected chi connectivity index (χ2v) is 2.96. The van der Waals surface area contributed by atoms with Crippen LogP contribution in [0, 0.1) is 0 Å². The molecule has 0 unspecified atom stereocenters. The molecule has 0 aliphatic rings. The molecule has 0 saturated carbocycles. The lowest BCUT2D eigenvalue weighted by molar-refractivity contribution is 0.100. The zero-order chi connectivity index (χ0) is 10.8. The first kappa shape index (κ1) is 9.20. The van der Waals surface area contributed by atoms with E-state index in [4.69, 9.17) is 11.5 Å². The zero-order valence-corrected chi connectivity index (χ0v) is 7.79. The van der Waals surface area contributed by atoms with Crippen molar-refractivity contribution in [3.63, 3.8) is 0 Å². The van der Waals surface area contributed by atoms with E-state index in [0.717, 1.165) is 0 Å². The van der Waals surface area contributed by atoms with Crippen LogP contribution in [0.3, 0.4) is 0 Å². The number of hydrogen-bond acceptors (Lipinski definition) is 4. The van der Waals surface area contributed by atoms with E-state index in [-0.39, 0.29) is 0 Å². The van der Waals surface area contributed by atoms with Crippen LogP contribution in [-0.2, 0) is 0 Å². The van der Waals surface area contributed by atoms with Gasteiger partial charge in [-0.1, -0.05) is 6.07 Å². The first-order chi connectivity index (χ1) is 7.16. The van der Waals surface area contributed by atoms with Gasteiger partial charge >= 0.3 is 0 Å². The molecule has 1 amide bonds. The topological polar surface area (TPSA) is 99.8 Å². The maximum Gasteiger partial charge on any atom is 0.251 e. The third-order valence-electron chi connectivity index (χ3n) is 1.86. The highest BCUT2D eigenvalue weighted by atomic mass is 16.1. The first-order valence-electron chi connectivity index (χ1n) is 4.24. The van der Waals surface area contributed by atoms with Crippen molar-refractivity contribution in [2.75, 3.05) is 5.73 Å². The quantitative estimate of drug-likeness (QED) is 0.714.